The average Bonchev–Trinajstić information content (AvgIpc) is 3.61. The number of hydrogen-bond donors (Lipinski definition) is 4. The van der Waals surface area contributed by atoms with Crippen LogP contribution in [0.15, 0.2) is 48.8 Å². The fourth-order valence-corrected chi connectivity index (χ4v) is 5.40. The van der Waals surface area contributed by atoms with Gasteiger partial charge in [-0.2, -0.15) is 14.6 Å². The first-order valence-corrected chi connectivity index (χ1v) is 13.1. The Morgan fingerprint density at radius 1 is 1.00 bits per heavy atom. The molecule has 13 heteroatoms. The summed E-state index contributed by atoms with van der Waals surface area (Å²) in [5, 5.41) is 19.2. The van der Waals surface area contributed by atoms with Gasteiger partial charge in [0.1, 0.15) is 17.7 Å². The number of rotatable bonds is 6. The number of aromatic carboxylic acids is 1. The molecule has 5 N–H and O–H groups in total. The molecule has 1 aliphatic heterocycles. The molecule has 4 amide bonds. The molecule has 1 atom stereocenters. The summed E-state index contributed by atoms with van der Waals surface area (Å²) in [7, 11) is 0. The Balaban J connectivity index is 1.18. The molecule has 0 bridgehead atoms. The molecule has 6 rings (SSSR count). The van der Waals surface area contributed by atoms with Gasteiger partial charge in [-0.05, 0) is 59.2 Å². The predicted molar refractivity (Wildman–Crippen MR) is 144 cm³/mol. The molecule has 0 spiro atoms. The first-order chi connectivity index (χ1) is 19.8. The van der Waals surface area contributed by atoms with Crippen molar-refractivity contribution in [2.45, 2.75) is 38.4 Å². The molecule has 0 saturated heterocycles. The number of carbonyl (C=O) groups is 4. The predicted octanol–water partition coefficient (Wildman–Crippen LogP) is 1.61. The topological polar surface area (TPSA) is 185 Å². The molecular weight excluding hydrogens is 528 g/mol. The van der Waals surface area contributed by atoms with Crippen molar-refractivity contribution in [2.75, 3.05) is 6.54 Å². The van der Waals surface area contributed by atoms with Gasteiger partial charge in [-0.1, -0.05) is 24.3 Å². The number of nitrogens with one attached hydrogen (secondary N) is 2. The number of amides is 4. The highest BCUT2D eigenvalue weighted by Gasteiger charge is 2.27. The van der Waals surface area contributed by atoms with Crippen molar-refractivity contribution < 1.29 is 24.3 Å². The van der Waals surface area contributed by atoms with Gasteiger partial charge in [-0.25, -0.2) is 14.6 Å². The molecule has 208 valence electrons. The number of benzene rings is 2. The number of fused-ring (bicyclic) bond motifs is 3. The third-order valence-electron chi connectivity index (χ3n) is 7.54. The lowest BCUT2D eigenvalue weighted by Crippen LogP contribution is -2.39. The highest BCUT2D eigenvalue weighted by molar-refractivity contribution is 5.98. The number of primary amides is 1. The molecule has 2 aromatic heterocycles. The van der Waals surface area contributed by atoms with Gasteiger partial charge in [0.05, 0.1) is 11.6 Å². The van der Waals surface area contributed by atoms with Crippen LogP contribution in [0.2, 0.25) is 0 Å². The Bertz CT molecular complexity index is 1730. The Hall–Kier alpha value is -5.33. The largest absolute Gasteiger partial charge is 0.478 e. The average molecular weight is 555 g/mol. The van der Waals surface area contributed by atoms with Crippen LogP contribution in [0.5, 0.6) is 0 Å². The van der Waals surface area contributed by atoms with E-state index in [0.717, 1.165) is 27.8 Å². The zero-order valence-electron chi connectivity index (χ0n) is 21.8. The Labute approximate surface area is 233 Å². The number of nitrogens with two attached hydrogens (primary N) is 1. The molecular formula is C28H26N8O5. The number of carboxylic acid groups (broad SMARTS) is 1. The van der Waals surface area contributed by atoms with E-state index in [0.29, 0.717) is 32.4 Å². The third-order valence-corrected chi connectivity index (χ3v) is 7.54. The number of urea groups is 1. The number of nitrogens with zero attached hydrogens (tertiary/aromatic N) is 5. The quantitative estimate of drug-likeness (QED) is 0.277. The van der Waals surface area contributed by atoms with Gasteiger partial charge in [-0.15, -0.1) is 0 Å². The number of carbonyl (C=O) groups excluding carboxylic acids is 3. The van der Waals surface area contributed by atoms with E-state index < -0.39 is 23.8 Å². The smallest absolute Gasteiger partial charge is 0.335 e. The summed E-state index contributed by atoms with van der Waals surface area (Å²) in [6, 6.07) is 11.3. The van der Waals surface area contributed by atoms with Crippen LogP contribution in [0.4, 0.5) is 4.79 Å². The van der Waals surface area contributed by atoms with Crippen LogP contribution in [-0.2, 0) is 25.9 Å². The first-order valence-electron chi connectivity index (χ1n) is 13.1. The molecule has 3 heterocycles. The summed E-state index contributed by atoms with van der Waals surface area (Å²) in [5.41, 5.74) is 10.4. The second-order valence-corrected chi connectivity index (χ2v) is 10.1. The molecule has 2 aromatic carbocycles. The summed E-state index contributed by atoms with van der Waals surface area (Å²) in [6.07, 6.45) is 3.21. The fourth-order valence-electron chi connectivity index (χ4n) is 5.40. The molecule has 0 saturated carbocycles. The van der Waals surface area contributed by atoms with E-state index in [2.05, 4.69) is 25.7 Å². The molecule has 1 aliphatic carbocycles. The maximum absolute atomic E-state index is 13.4. The van der Waals surface area contributed by atoms with Gasteiger partial charge in [0.2, 0.25) is 0 Å². The molecule has 2 aliphatic rings. The minimum Gasteiger partial charge on any atom is -0.478 e. The monoisotopic (exact) mass is 554 g/mol. The van der Waals surface area contributed by atoms with Crippen molar-refractivity contribution in [1.82, 2.24) is 35.1 Å². The summed E-state index contributed by atoms with van der Waals surface area (Å²) in [6.45, 7) is 1.20. The number of aryl methyl sites for hydroxylation is 1. The van der Waals surface area contributed by atoms with Crippen LogP contribution >= 0.6 is 0 Å². The van der Waals surface area contributed by atoms with Crippen LogP contribution in [0.25, 0.3) is 5.78 Å². The Kier molecular flexibility index (Phi) is 6.53. The fraction of sp³-hybridized carbons (Fsp3) is 0.250. The van der Waals surface area contributed by atoms with Crippen LogP contribution in [0.1, 0.15) is 71.6 Å². The minimum absolute atomic E-state index is 0.00596. The summed E-state index contributed by atoms with van der Waals surface area (Å²) in [4.78, 5) is 59.3. The lowest BCUT2D eigenvalue weighted by Gasteiger charge is -2.27. The van der Waals surface area contributed by atoms with Crippen molar-refractivity contribution in [2.24, 2.45) is 5.73 Å². The molecule has 41 heavy (non-hydrogen) atoms. The highest BCUT2D eigenvalue weighted by Crippen LogP contribution is 2.32. The van der Waals surface area contributed by atoms with Crippen molar-refractivity contribution in [3.05, 3.63) is 93.6 Å². The van der Waals surface area contributed by atoms with Crippen LogP contribution in [-0.4, -0.2) is 59.9 Å². The molecule has 4 aromatic rings. The van der Waals surface area contributed by atoms with Crippen molar-refractivity contribution in [3.8, 4) is 0 Å². The van der Waals surface area contributed by atoms with Gasteiger partial charge in [0.15, 0.2) is 0 Å². The number of aromatic nitrogens is 4. The molecule has 13 nitrogen and oxygen atoms in total. The molecule has 0 radical (unpaired) electrons. The van der Waals surface area contributed by atoms with E-state index in [1.165, 1.54) is 23.0 Å². The van der Waals surface area contributed by atoms with E-state index in [4.69, 9.17) is 5.73 Å². The van der Waals surface area contributed by atoms with Crippen molar-refractivity contribution in [3.63, 3.8) is 0 Å². The SMILES string of the molecule is NC(=O)N1CCc2ccc(CNC(=O)c3cc(C(=O)N[C@H]4CCc5cc(C(=O)O)ccc54)n4ncnc4n3)cc2C1. The maximum Gasteiger partial charge on any atom is 0.335 e. The second kappa shape index (κ2) is 10.3. The van der Waals surface area contributed by atoms with E-state index in [9.17, 15) is 24.3 Å². The van der Waals surface area contributed by atoms with Gasteiger partial charge >= 0.3 is 12.0 Å². The number of carboxylic acids is 1. The molecule has 0 fully saturated rings. The lowest BCUT2D eigenvalue weighted by atomic mass is 9.97. The van der Waals surface area contributed by atoms with E-state index in [1.807, 2.05) is 18.2 Å². The molecule has 0 unspecified atom stereocenters. The van der Waals surface area contributed by atoms with E-state index in [-0.39, 0.29) is 35.3 Å². The van der Waals surface area contributed by atoms with Gasteiger partial charge in [-0.3, -0.25) is 9.59 Å². The Morgan fingerprint density at radius 3 is 2.66 bits per heavy atom. The van der Waals surface area contributed by atoms with Crippen LogP contribution in [0, 0.1) is 0 Å². The van der Waals surface area contributed by atoms with Gasteiger partial charge < -0.3 is 26.4 Å². The van der Waals surface area contributed by atoms with Crippen molar-refractivity contribution in [1.29, 1.82) is 0 Å². The van der Waals surface area contributed by atoms with E-state index in [1.54, 1.807) is 17.0 Å². The zero-order valence-corrected chi connectivity index (χ0v) is 21.8. The minimum atomic E-state index is -1.00. The summed E-state index contributed by atoms with van der Waals surface area (Å²) in [5.74, 6) is -1.86. The van der Waals surface area contributed by atoms with Gasteiger partial charge in [0, 0.05) is 25.7 Å². The van der Waals surface area contributed by atoms with E-state index >= 15 is 0 Å². The lowest BCUT2D eigenvalue weighted by molar-refractivity contribution is 0.0696. The van der Waals surface area contributed by atoms with Gasteiger partial charge in [0.25, 0.3) is 17.6 Å². The van der Waals surface area contributed by atoms with Crippen LogP contribution < -0.4 is 16.4 Å². The highest BCUT2D eigenvalue weighted by atomic mass is 16.4. The standard InChI is InChI=1S/C28H26N8O5/c29-27(41)35-8-7-16-2-1-15(9-19(16)13-35)12-30-24(37)22-11-23(36-28(34-22)31-14-32-36)25(38)33-21-6-4-17-10-18(26(39)40)3-5-20(17)21/h1-3,5,9-11,14,21H,4,6-8,12-13H2,(H2,29,41)(H,30,37)(H,33,38)(H,39,40)/t21-/m0/s1. The van der Waals surface area contributed by atoms with Crippen LogP contribution in [0.3, 0.4) is 0 Å². The van der Waals surface area contributed by atoms with Crippen molar-refractivity contribution >= 4 is 29.6 Å². The maximum atomic E-state index is 13.4. The first kappa shape index (κ1) is 25.9. The zero-order chi connectivity index (χ0) is 28.7. The normalized spacial score (nSPS) is 15.7. The third kappa shape index (κ3) is 5.04. The number of hydrogen-bond acceptors (Lipinski definition) is 7. The Morgan fingerprint density at radius 2 is 1.85 bits per heavy atom. The summed E-state index contributed by atoms with van der Waals surface area (Å²) < 4.78 is 1.27. The second-order valence-electron chi connectivity index (χ2n) is 10.1. The summed E-state index contributed by atoms with van der Waals surface area (Å²) >= 11 is 0.